The first-order valence-electron chi connectivity index (χ1n) is 8.64. The fourth-order valence-corrected chi connectivity index (χ4v) is 4.27. The van der Waals surface area contributed by atoms with Gasteiger partial charge in [-0.3, -0.25) is 9.59 Å². The summed E-state index contributed by atoms with van der Waals surface area (Å²) in [7, 11) is 0. The zero-order valence-corrected chi connectivity index (χ0v) is 16.0. The fraction of sp³-hybridized carbons (Fsp3) is 0.316. The van der Waals surface area contributed by atoms with Crippen molar-refractivity contribution in [3.05, 3.63) is 51.4 Å². The van der Waals surface area contributed by atoms with E-state index in [1.54, 1.807) is 24.0 Å². The lowest BCUT2D eigenvalue weighted by atomic mass is 10.0. The Morgan fingerprint density at radius 3 is 2.59 bits per heavy atom. The molecular weight excluding hydrogens is 366 g/mol. The minimum atomic E-state index is -0.587. The summed E-state index contributed by atoms with van der Waals surface area (Å²) in [6.07, 6.45) is 0.103. The predicted octanol–water partition coefficient (Wildman–Crippen LogP) is 2.92. The number of rotatable bonds is 4. The van der Waals surface area contributed by atoms with Crippen molar-refractivity contribution in [3.63, 3.8) is 0 Å². The van der Waals surface area contributed by atoms with E-state index in [1.807, 2.05) is 19.1 Å². The van der Waals surface area contributed by atoms with Crippen LogP contribution in [-0.2, 0) is 17.7 Å². The van der Waals surface area contributed by atoms with Gasteiger partial charge in [0.25, 0.3) is 11.8 Å². The molecule has 3 N–H and O–H groups in total. The third-order valence-electron chi connectivity index (χ3n) is 4.37. The van der Waals surface area contributed by atoms with Crippen molar-refractivity contribution in [2.24, 2.45) is 5.73 Å². The Morgan fingerprint density at radius 1 is 1.26 bits per heavy atom. The Bertz CT molecular complexity index is 889. The number of thiophene rings is 1. The van der Waals surface area contributed by atoms with Crippen LogP contribution in [0.2, 0.25) is 0 Å². The van der Waals surface area contributed by atoms with E-state index in [0.29, 0.717) is 42.2 Å². The summed E-state index contributed by atoms with van der Waals surface area (Å²) >= 11 is 1.27. The van der Waals surface area contributed by atoms with Gasteiger partial charge in [0.05, 0.1) is 18.7 Å². The first kappa shape index (κ1) is 18.9. The van der Waals surface area contributed by atoms with E-state index in [4.69, 9.17) is 10.5 Å². The van der Waals surface area contributed by atoms with Crippen molar-refractivity contribution < 1.29 is 19.1 Å². The molecule has 142 valence electrons. The standard InChI is InChI=1S/C19H21N3O4S/c1-3-26-19(25)22-9-8-13-14(10-22)27-18(15(13)16(20)23)21-17(24)12-6-4-11(2)5-7-12/h4-7H,3,8-10H2,1-2H3,(H2,20,23)(H,21,24). The molecule has 0 atom stereocenters. The highest BCUT2D eigenvalue weighted by Crippen LogP contribution is 2.37. The van der Waals surface area contributed by atoms with Crippen molar-refractivity contribution >= 4 is 34.2 Å². The number of hydrogen-bond acceptors (Lipinski definition) is 5. The number of carbonyl (C=O) groups is 3. The van der Waals surface area contributed by atoms with Crippen LogP contribution in [0, 0.1) is 6.92 Å². The van der Waals surface area contributed by atoms with E-state index in [1.165, 1.54) is 11.3 Å². The zero-order valence-electron chi connectivity index (χ0n) is 15.2. The molecule has 3 rings (SSSR count). The molecule has 1 aromatic carbocycles. The summed E-state index contributed by atoms with van der Waals surface area (Å²) in [4.78, 5) is 38.9. The van der Waals surface area contributed by atoms with Crippen LogP contribution in [0.1, 0.15) is 43.6 Å². The number of ether oxygens (including phenoxy) is 1. The number of hydrogen-bond donors (Lipinski definition) is 2. The van der Waals surface area contributed by atoms with Crippen LogP contribution in [0.5, 0.6) is 0 Å². The topological polar surface area (TPSA) is 102 Å². The molecular formula is C19H21N3O4S. The molecule has 7 nitrogen and oxygen atoms in total. The number of carbonyl (C=O) groups excluding carboxylic acids is 3. The summed E-state index contributed by atoms with van der Waals surface area (Å²) < 4.78 is 5.04. The van der Waals surface area contributed by atoms with Gasteiger partial charge in [-0.15, -0.1) is 11.3 Å². The number of aryl methyl sites for hydroxylation is 1. The maximum absolute atomic E-state index is 12.5. The van der Waals surface area contributed by atoms with E-state index in [9.17, 15) is 14.4 Å². The van der Waals surface area contributed by atoms with Gasteiger partial charge in [-0.1, -0.05) is 17.7 Å². The Kier molecular flexibility index (Phi) is 5.46. The number of amides is 3. The molecule has 0 fully saturated rings. The minimum Gasteiger partial charge on any atom is -0.450 e. The van der Waals surface area contributed by atoms with Crippen molar-refractivity contribution in [1.82, 2.24) is 4.90 Å². The average Bonchev–Trinajstić information content (AvgIpc) is 2.99. The van der Waals surface area contributed by atoms with Gasteiger partial charge in [0, 0.05) is 17.0 Å². The second-order valence-electron chi connectivity index (χ2n) is 6.26. The van der Waals surface area contributed by atoms with E-state index in [-0.39, 0.29) is 12.0 Å². The molecule has 0 unspecified atom stereocenters. The average molecular weight is 387 g/mol. The monoisotopic (exact) mass is 387 g/mol. The van der Waals surface area contributed by atoms with Gasteiger partial charge in [-0.05, 0) is 38.0 Å². The predicted molar refractivity (Wildman–Crippen MR) is 103 cm³/mol. The number of nitrogens with zero attached hydrogens (tertiary/aromatic N) is 1. The molecule has 0 radical (unpaired) electrons. The maximum atomic E-state index is 12.5. The van der Waals surface area contributed by atoms with Crippen molar-refractivity contribution in [3.8, 4) is 0 Å². The van der Waals surface area contributed by atoms with Crippen LogP contribution in [0.4, 0.5) is 9.80 Å². The third kappa shape index (κ3) is 3.95. The molecule has 1 aliphatic heterocycles. The SMILES string of the molecule is CCOC(=O)N1CCc2c(sc(NC(=O)c3ccc(C)cc3)c2C(N)=O)C1. The molecule has 0 bridgehead atoms. The Labute approximate surface area is 161 Å². The highest BCUT2D eigenvalue weighted by molar-refractivity contribution is 7.17. The van der Waals surface area contributed by atoms with Crippen molar-refractivity contribution in [2.45, 2.75) is 26.8 Å². The Balaban J connectivity index is 1.86. The van der Waals surface area contributed by atoms with Crippen LogP contribution >= 0.6 is 11.3 Å². The molecule has 0 spiro atoms. The highest BCUT2D eigenvalue weighted by atomic mass is 32.1. The first-order valence-corrected chi connectivity index (χ1v) is 9.46. The smallest absolute Gasteiger partial charge is 0.410 e. The number of fused-ring (bicyclic) bond motifs is 1. The fourth-order valence-electron chi connectivity index (χ4n) is 3.00. The van der Waals surface area contributed by atoms with Gasteiger partial charge in [0.15, 0.2) is 0 Å². The van der Waals surface area contributed by atoms with Crippen LogP contribution < -0.4 is 11.1 Å². The highest BCUT2D eigenvalue weighted by Gasteiger charge is 2.30. The molecule has 8 heteroatoms. The third-order valence-corrected chi connectivity index (χ3v) is 5.50. The number of anilines is 1. The summed E-state index contributed by atoms with van der Waals surface area (Å²) in [6, 6.07) is 7.15. The lowest BCUT2D eigenvalue weighted by molar-refractivity contribution is 0.0997. The summed E-state index contributed by atoms with van der Waals surface area (Å²) in [5, 5.41) is 3.22. The lowest BCUT2D eigenvalue weighted by Crippen LogP contribution is -2.36. The maximum Gasteiger partial charge on any atom is 0.410 e. The molecule has 27 heavy (non-hydrogen) atoms. The molecule has 3 amide bonds. The van der Waals surface area contributed by atoms with Crippen LogP contribution in [0.15, 0.2) is 24.3 Å². The summed E-state index contributed by atoms with van der Waals surface area (Å²) in [6.45, 7) is 4.77. The van der Waals surface area contributed by atoms with Gasteiger partial charge in [0.1, 0.15) is 5.00 Å². The van der Waals surface area contributed by atoms with Crippen molar-refractivity contribution in [2.75, 3.05) is 18.5 Å². The number of nitrogens with one attached hydrogen (secondary N) is 1. The van der Waals surface area contributed by atoms with Gasteiger partial charge in [-0.25, -0.2) is 4.79 Å². The number of nitrogens with two attached hydrogens (primary N) is 1. The van der Waals surface area contributed by atoms with E-state index < -0.39 is 5.91 Å². The normalized spacial score (nSPS) is 13.0. The summed E-state index contributed by atoms with van der Waals surface area (Å²) in [5.74, 6) is -0.894. The van der Waals surface area contributed by atoms with Crippen LogP contribution in [-0.4, -0.2) is 36.0 Å². The molecule has 1 aromatic heterocycles. The zero-order chi connectivity index (χ0) is 19.6. The molecule has 0 saturated carbocycles. The summed E-state index contributed by atoms with van der Waals surface area (Å²) in [5.41, 5.74) is 8.25. The van der Waals surface area contributed by atoms with E-state index in [0.717, 1.165) is 16.0 Å². The van der Waals surface area contributed by atoms with Gasteiger partial charge < -0.3 is 20.7 Å². The Morgan fingerprint density at radius 2 is 1.96 bits per heavy atom. The molecule has 1 aliphatic rings. The number of benzene rings is 1. The molecule has 0 aliphatic carbocycles. The second-order valence-corrected chi connectivity index (χ2v) is 7.37. The molecule has 2 aromatic rings. The van der Waals surface area contributed by atoms with E-state index >= 15 is 0 Å². The second kappa shape index (κ2) is 7.79. The van der Waals surface area contributed by atoms with Gasteiger partial charge >= 0.3 is 6.09 Å². The molecule has 0 saturated heterocycles. The van der Waals surface area contributed by atoms with Crippen LogP contribution in [0.3, 0.4) is 0 Å². The first-order chi connectivity index (χ1) is 12.9. The van der Waals surface area contributed by atoms with Crippen LogP contribution in [0.25, 0.3) is 0 Å². The lowest BCUT2D eigenvalue weighted by Gasteiger charge is -2.26. The largest absolute Gasteiger partial charge is 0.450 e. The van der Waals surface area contributed by atoms with Gasteiger partial charge in [-0.2, -0.15) is 0 Å². The quantitative estimate of drug-likeness (QED) is 0.842. The molecule has 2 heterocycles. The number of primary amides is 1. The Hall–Kier alpha value is -2.87. The van der Waals surface area contributed by atoms with Gasteiger partial charge in [0.2, 0.25) is 0 Å². The minimum absolute atomic E-state index is 0.303. The van der Waals surface area contributed by atoms with E-state index in [2.05, 4.69) is 5.32 Å². The van der Waals surface area contributed by atoms with Crippen molar-refractivity contribution in [1.29, 1.82) is 0 Å².